The van der Waals surface area contributed by atoms with Gasteiger partial charge in [0.25, 0.3) is 0 Å². The van der Waals surface area contributed by atoms with E-state index in [1.807, 2.05) is 6.07 Å². The van der Waals surface area contributed by atoms with Crippen LogP contribution in [0, 0.1) is 11.6 Å². The Morgan fingerprint density at radius 3 is 2.07 bits per heavy atom. The number of hydrogen-bond donors (Lipinski definition) is 1. The SMILES string of the molecule is CC(C(=O)N1CCC(C(=O)O)(c2ccccc2)CC1)c1c(F)cccc1F. The Hall–Kier alpha value is -2.76. The van der Waals surface area contributed by atoms with Crippen LogP contribution in [0.3, 0.4) is 0 Å². The van der Waals surface area contributed by atoms with E-state index in [1.54, 1.807) is 24.3 Å². The van der Waals surface area contributed by atoms with Crippen molar-refractivity contribution in [3.63, 3.8) is 0 Å². The molecular formula is C21H21F2NO3. The summed E-state index contributed by atoms with van der Waals surface area (Å²) >= 11 is 0. The fourth-order valence-electron chi connectivity index (χ4n) is 3.81. The largest absolute Gasteiger partial charge is 0.481 e. The Kier molecular flexibility index (Phi) is 5.26. The second-order valence-electron chi connectivity index (χ2n) is 6.94. The van der Waals surface area contributed by atoms with E-state index in [0.29, 0.717) is 5.56 Å². The van der Waals surface area contributed by atoms with E-state index < -0.39 is 34.8 Å². The van der Waals surface area contributed by atoms with Crippen LogP contribution >= 0.6 is 0 Å². The average molecular weight is 373 g/mol. The molecule has 1 atom stereocenters. The highest BCUT2D eigenvalue weighted by Crippen LogP contribution is 2.37. The first-order chi connectivity index (χ1) is 12.9. The van der Waals surface area contributed by atoms with Gasteiger partial charge in [-0.3, -0.25) is 9.59 Å². The average Bonchev–Trinajstić information content (AvgIpc) is 2.67. The Morgan fingerprint density at radius 1 is 1.00 bits per heavy atom. The van der Waals surface area contributed by atoms with E-state index in [2.05, 4.69) is 0 Å². The summed E-state index contributed by atoms with van der Waals surface area (Å²) in [4.78, 5) is 26.3. The molecule has 0 bridgehead atoms. The van der Waals surface area contributed by atoms with Crippen LogP contribution in [0.15, 0.2) is 48.5 Å². The fraction of sp³-hybridized carbons (Fsp3) is 0.333. The van der Waals surface area contributed by atoms with Crippen molar-refractivity contribution >= 4 is 11.9 Å². The zero-order valence-corrected chi connectivity index (χ0v) is 15.0. The molecule has 0 radical (unpaired) electrons. The van der Waals surface area contributed by atoms with Crippen LogP contribution in [0.5, 0.6) is 0 Å². The summed E-state index contributed by atoms with van der Waals surface area (Å²) in [6, 6.07) is 12.5. The maximum atomic E-state index is 14.0. The lowest BCUT2D eigenvalue weighted by Gasteiger charge is -2.40. The van der Waals surface area contributed by atoms with E-state index in [-0.39, 0.29) is 31.5 Å². The summed E-state index contributed by atoms with van der Waals surface area (Å²) in [6.45, 7) is 1.92. The Labute approximate surface area is 156 Å². The van der Waals surface area contributed by atoms with Gasteiger partial charge in [-0.25, -0.2) is 8.78 Å². The van der Waals surface area contributed by atoms with Gasteiger partial charge in [-0.05, 0) is 37.5 Å². The first-order valence-electron chi connectivity index (χ1n) is 8.88. The molecule has 2 aromatic carbocycles. The van der Waals surface area contributed by atoms with Crippen LogP contribution in [0.1, 0.15) is 36.8 Å². The molecule has 6 heteroatoms. The molecule has 1 fully saturated rings. The standard InChI is InChI=1S/C21H21F2NO3/c1-14(18-16(22)8-5-9-17(18)23)19(25)24-12-10-21(11-13-24,20(26)27)15-6-3-2-4-7-15/h2-9,14H,10-13H2,1H3,(H,26,27). The Bertz CT molecular complexity index is 826. The van der Waals surface area contributed by atoms with Crippen molar-refractivity contribution in [3.05, 3.63) is 71.3 Å². The molecule has 1 aliphatic heterocycles. The Balaban J connectivity index is 1.78. The van der Waals surface area contributed by atoms with E-state index in [4.69, 9.17) is 0 Å². The smallest absolute Gasteiger partial charge is 0.314 e. The summed E-state index contributed by atoms with van der Waals surface area (Å²) in [5, 5.41) is 9.82. The number of rotatable bonds is 4. The van der Waals surface area contributed by atoms with E-state index >= 15 is 0 Å². The van der Waals surface area contributed by atoms with Crippen LogP contribution in [0.2, 0.25) is 0 Å². The molecule has 0 saturated carbocycles. The quantitative estimate of drug-likeness (QED) is 0.889. The van der Waals surface area contributed by atoms with Crippen LogP contribution in [-0.2, 0) is 15.0 Å². The van der Waals surface area contributed by atoms with Gasteiger partial charge in [-0.15, -0.1) is 0 Å². The molecule has 0 aromatic heterocycles. The highest BCUT2D eigenvalue weighted by atomic mass is 19.1. The third kappa shape index (κ3) is 3.44. The van der Waals surface area contributed by atoms with Crippen LogP contribution < -0.4 is 0 Å². The molecule has 1 saturated heterocycles. The minimum absolute atomic E-state index is 0.223. The number of carbonyl (C=O) groups excluding carboxylic acids is 1. The van der Waals surface area contributed by atoms with Crippen LogP contribution in [0.25, 0.3) is 0 Å². The fourth-order valence-corrected chi connectivity index (χ4v) is 3.81. The normalized spacial score (nSPS) is 17.4. The third-order valence-electron chi connectivity index (χ3n) is 5.47. The predicted molar refractivity (Wildman–Crippen MR) is 96.3 cm³/mol. The van der Waals surface area contributed by atoms with Gasteiger partial charge in [0.2, 0.25) is 5.91 Å². The number of amides is 1. The van der Waals surface area contributed by atoms with Crippen molar-refractivity contribution in [1.29, 1.82) is 0 Å². The molecule has 1 N–H and O–H groups in total. The summed E-state index contributed by atoms with van der Waals surface area (Å²) in [5.74, 6) is -3.80. The van der Waals surface area contributed by atoms with Crippen molar-refractivity contribution in [1.82, 2.24) is 4.90 Å². The zero-order valence-electron chi connectivity index (χ0n) is 15.0. The van der Waals surface area contributed by atoms with Gasteiger partial charge in [0.15, 0.2) is 0 Å². The molecular weight excluding hydrogens is 352 g/mol. The number of benzene rings is 2. The molecule has 1 amide bonds. The first kappa shape index (κ1) is 19.0. The van der Waals surface area contributed by atoms with Gasteiger partial charge in [0, 0.05) is 18.7 Å². The second-order valence-corrected chi connectivity index (χ2v) is 6.94. The number of carbonyl (C=O) groups is 2. The van der Waals surface area contributed by atoms with Gasteiger partial charge in [-0.2, -0.15) is 0 Å². The Morgan fingerprint density at radius 2 is 1.56 bits per heavy atom. The van der Waals surface area contributed by atoms with Crippen molar-refractivity contribution in [2.24, 2.45) is 0 Å². The van der Waals surface area contributed by atoms with Crippen molar-refractivity contribution < 1.29 is 23.5 Å². The lowest BCUT2D eigenvalue weighted by atomic mass is 9.72. The van der Waals surface area contributed by atoms with Gasteiger partial charge in [0.1, 0.15) is 11.6 Å². The lowest BCUT2D eigenvalue weighted by molar-refractivity contribution is -0.148. The predicted octanol–water partition coefficient (Wildman–Crippen LogP) is 3.71. The van der Waals surface area contributed by atoms with Gasteiger partial charge >= 0.3 is 5.97 Å². The van der Waals surface area contributed by atoms with Crippen molar-refractivity contribution in [3.8, 4) is 0 Å². The monoisotopic (exact) mass is 373 g/mol. The van der Waals surface area contributed by atoms with Crippen LogP contribution in [0.4, 0.5) is 8.78 Å². The van der Waals surface area contributed by atoms with E-state index in [9.17, 15) is 23.5 Å². The lowest BCUT2D eigenvalue weighted by Crippen LogP contribution is -2.50. The zero-order chi connectivity index (χ0) is 19.6. The highest BCUT2D eigenvalue weighted by molar-refractivity contribution is 5.85. The number of aliphatic carboxylic acids is 1. The maximum absolute atomic E-state index is 14.0. The minimum atomic E-state index is -1.05. The first-order valence-corrected chi connectivity index (χ1v) is 8.88. The van der Waals surface area contributed by atoms with Crippen LogP contribution in [-0.4, -0.2) is 35.0 Å². The number of likely N-dealkylation sites (tertiary alicyclic amines) is 1. The number of carboxylic acid groups (broad SMARTS) is 1. The van der Waals surface area contributed by atoms with Gasteiger partial charge in [0.05, 0.1) is 11.3 Å². The van der Waals surface area contributed by atoms with Gasteiger partial charge in [-0.1, -0.05) is 36.4 Å². The number of hydrogen-bond acceptors (Lipinski definition) is 2. The minimum Gasteiger partial charge on any atom is -0.481 e. The molecule has 142 valence electrons. The highest BCUT2D eigenvalue weighted by Gasteiger charge is 2.44. The summed E-state index contributed by atoms with van der Waals surface area (Å²) < 4.78 is 28.0. The molecule has 1 unspecified atom stereocenters. The molecule has 0 aliphatic carbocycles. The van der Waals surface area contributed by atoms with E-state index in [1.165, 1.54) is 17.9 Å². The molecule has 1 heterocycles. The summed E-state index contributed by atoms with van der Waals surface area (Å²) in [5.41, 5.74) is -0.594. The van der Waals surface area contributed by atoms with Gasteiger partial charge < -0.3 is 10.0 Å². The number of carboxylic acids is 1. The second kappa shape index (κ2) is 7.47. The van der Waals surface area contributed by atoms with Crippen molar-refractivity contribution in [2.75, 3.05) is 13.1 Å². The molecule has 2 aromatic rings. The van der Waals surface area contributed by atoms with E-state index in [0.717, 1.165) is 12.1 Å². The molecule has 27 heavy (non-hydrogen) atoms. The topological polar surface area (TPSA) is 57.6 Å². The summed E-state index contributed by atoms with van der Waals surface area (Å²) in [7, 11) is 0. The molecule has 0 spiro atoms. The summed E-state index contributed by atoms with van der Waals surface area (Å²) in [6.07, 6.45) is 0.509. The number of piperidine rings is 1. The number of nitrogens with zero attached hydrogens (tertiary/aromatic N) is 1. The number of halogens is 2. The molecule has 1 aliphatic rings. The molecule has 3 rings (SSSR count). The van der Waals surface area contributed by atoms with Crippen molar-refractivity contribution in [2.45, 2.75) is 31.1 Å². The molecule has 4 nitrogen and oxygen atoms in total. The maximum Gasteiger partial charge on any atom is 0.314 e. The third-order valence-corrected chi connectivity index (χ3v) is 5.47.